The number of hydrogen-bond acceptors (Lipinski definition) is 4. The summed E-state index contributed by atoms with van der Waals surface area (Å²) in [5, 5.41) is 10.5. The van der Waals surface area contributed by atoms with Crippen LogP contribution in [0.3, 0.4) is 0 Å². The van der Waals surface area contributed by atoms with Gasteiger partial charge in [0, 0.05) is 37.5 Å². The molecule has 1 aliphatic rings. The molecule has 0 aliphatic carbocycles. The number of nitrogens with zero attached hydrogens (tertiary/aromatic N) is 2. The molecule has 1 aromatic heterocycles. The van der Waals surface area contributed by atoms with E-state index in [0.29, 0.717) is 18.8 Å². The SMILES string of the molecule is Cl.NCC1CCCCN1C(=O)CCNC(=O)c1n[nH]c2ccccc12. The first-order valence-corrected chi connectivity index (χ1v) is 8.41. The van der Waals surface area contributed by atoms with Gasteiger partial charge >= 0.3 is 0 Å². The van der Waals surface area contributed by atoms with Gasteiger partial charge in [-0.15, -0.1) is 12.4 Å². The number of likely N-dealkylation sites (tertiary alicyclic amines) is 1. The summed E-state index contributed by atoms with van der Waals surface area (Å²) < 4.78 is 0. The molecule has 1 saturated heterocycles. The van der Waals surface area contributed by atoms with Gasteiger partial charge in [0.15, 0.2) is 5.69 Å². The van der Waals surface area contributed by atoms with Crippen molar-refractivity contribution in [2.75, 3.05) is 19.6 Å². The van der Waals surface area contributed by atoms with Gasteiger partial charge in [-0.2, -0.15) is 5.10 Å². The number of fused-ring (bicyclic) bond motifs is 1. The number of amides is 2. The smallest absolute Gasteiger partial charge is 0.272 e. The minimum atomic E-state index is -0.269. The molecular formula is C17H24ClN5O2. The highest BCUT2D eigenvalue weighted by molar-refractivity contribution is 6.04. The molecule has 1 aromatic carbocycles. The van der Waals surface area contributed by atoms with Crippen LogP contribution in [-0.4, -0.2) is 52.6 Å². The van der Waals surface area contributed by atoms with Gasteiger partial charge in [-0.25, -0.2) is 0 Å². The molecule has 1 atom stereocenters. The number of benzene rings is 1. The second kappa shape index (κ2) is 8.82. The zero-order chi connectivity index (χ0) is 16.9. The fourth-order valence-corrected chi connectivity index (χ4v) is 3.22. The lowest BCUT2D eigenvalue weighted by Gasteiger charge is -2.35. The molecule has 0 spiro atoms. The molecule has 25 heavy (non-hydrogen) atoms. The van der Waals surface area contributed by atoms with Crippen LogP contribution in [0.5, 0.6) is 0 Å². The van der Waals surface area contributed by atoms with E-state index in [1.165, 1.54) is 0 Å². The number of carbonyl (C=O) groups is 2. The van der Waals surface area contributed by atoms with Gasteiger partial charge in [-0.1, -0.05) is 18.2 Å². The second-order valence-electron chi connectivity index (χ2n) is 6.10. The number of hydrogen-bond donors (Lipinski definition) is 3. The average molecular weight is 366 g/mol. The highest BCUT2D eigenvalue weighted by atomic mass is 35.5. The van der Waals surface area contributed by atoms with E-state index < -0.39 is 0 Å². The molecule has 1 unspecified atom stereocenters. The molecule has 8 heteroatoms. The predicted molar refractivity (Wildman–Crippen MR) is 98.7 cm³/mol. The summed E-state index contributed by atoms with van der Waals surface area (Å²) in [6, 6.07) is 7.59. The van der Waals surface area contributed by atoms with Crippen molar-refractivity contribution >= 4 is 35.1 Å². The molecule has 0 bridgehead atoms. The Labute approximate surface area is 152 Å². The number of aromatic nitrogens is 2. The summed E-state index contributed by atoms with van der Waals surface area (Å²) in [7, 11) is 0. The van der Waals surface area contributed by atoms with E-state index in [4.69, 9.17) is 5.73 Å². The summed E-state index contributed by atoms with van der Waals surface area (Å²) in [6.07, 6.45) is 3.39. The molecule has 7 nitrogen and oxygen atoms in total. The average Bonchev–Trinajstić information content (AvgIpc) is 3.05. The Kier molecular flexibility index (Phi) is 6.78. The van der Waals surface area contributed by atoms with Gasteiger partial charge in [-0.3, -0.25) is 14.7 Å². The number of H-pyrrole nitrogens is 1. The van der Waals surface area contributed by atoms with Crippen LogP contribution >= 0.6 is 12.4 Å². The van der Waals surface area contributed by atoms with Gasteiger partial charge in [0.2, 0.25) is 5.91 Å². The van der Waals surface area contributed by atoms with Crippen LogP contribution in [0.15, 0.2) is 24.3 Å². The maximum atomic E-state index is 12.3. The van der Waals surface area contributed by atoms with Crippen LogP contribution in [0.2, 0.25) is 0 Å². The number of halogens is 1. The number of nitrogens with two attached hydrogens (primary N) is 1. The summed E-state index contributed by atoms with van der Waals surface area (Å²) in [5.41, 5.74) is 6.92. The molecule has 3 rings (SSSR count). The third-order valence-electron chi connectivity index (χ3n) is 4.53. The van der Waals surface area contributed by atoms with Gasteiger partial charge < -0.3 is 16.0 Å². The zero-order valence-corrected chi connectivity index (χ0v) is 14.8. The molecule has 0 radical (unpaired) electrons. The van der Waals surface area contributed by atoms with E-state index in [2.05, 4.69) is 15.5 Å². The number of nitrogens with one attached hydrogen (secondary N) is 2. The molecule has 2 heterocycles. The van der Waals surface area contributed by atoms with Crippen LogP contribution in [0.4, 0.5) is 0 Å². The molecule has 1 aliphatic heterocycles. The summed E-state index contributed by atoms with van der Waals surface area (Å²) in [4.78, 5) is 26.5. The van der Waals surface area contributed by atoms with E-state index in [1.54, 1.807) is 0 Å². The normalized spacial score (nSPS) is 17.2. The summed E-state index contributed by atoms with van der Waals surface area (Å²) >= 11 is 0. The number of rotatable bonds is 5. The van der Waals surface area contributed by atoms with Gasteiger partial charge in [0.05, 0.1) is 5.52 Å². The van der Waals surface area contributed by atoms with Gasteiger partial charge in [0.1, 0.15) is 0 Å². The van der Waals surface area contributed by atoms with Crippen molar-refractivity contribution in [1.29, 1.82) is 0 Å². The standard InChI is InChI=1S/C17H23N5O2.ClH/c18-11-12-5-3-4-10-22(12)15(23)8-9-19-17(24)16-13-6-1-2-7-14(13)20-21-16;/h1-2,6-7,12H,3-5,8-11,18H2,(H,19,24)(H,20,21);1H. The predicted octanol–water partition coefficient (Wildman–Crippen LogP) is 1.44. The molecule has 1 fully saturated rings. The van der Waals surface area contributed by atoms with Crippen molar-refractivity contribution in [2.24, 2.45) is 5.73 Å². The third-order valence-corrected chi connectivity index (χ3v) is 4.53. The van der Waals surface area contributed by atoms with E-state index in [-0.39, 0.29) is 36.7 Å². The van der Waals surface area contributed by atoms with Crippen LogP contribution in [-0.2, 0) is 4.79 Å². The number of carbonyl (C=O) groups excluding carboxylic acids is 2. The number of piperidine rings is 1. The lowest BCUT2D eigenvalue weighted by molar-refractivity contribution is -0.134. The largest absolute Gasteiger partial charge is 0.350 e. The Bertz CT molecular complexity index is 733. The Hall–Kier alpha value is -2.12. The molecule has 136 valence electrons. The summed E-state index contributed by atoms with van der Waals surface area (Å²) in [5.74, 6) is -0.216. The maximum Gasteiger partial charge on any atom is 0.272 e. The quantitative estimate of drug-likeness (QED) is 0.745. The van der Waals surface area contributed by atoms with E-state index >= 15 is 0 Å². The first kappa shape index (κ1) is 19.2. The topological polar surface area (TPSA) is 104 Å². The van der Waals surface area contributed by atoms with Crippen LogP contribution in [0.25, 0.3) is 10.9 Å². The van der Waals surface area contributed by atoms with E-state index in [0.717, 1.165) is 36.7 Å². The zero-order valence-electron chi connectivity index (χ0n) is 14.0. The Morgan fingerprint density at radius 2 is 2.12 bits per heavy atom. The molecule has 0 saturated carbocycles. The fraction of sp³-hybridized carbons (Fsp3) is 0.471. The number of aromatic amines is 1. The maximum absolute atomic E-state index is 12.3. The lowest BCUT2D eigenvalue weighted by atomic mass is 10.0. The van der Waals surface area contributed by atoms with Crippen LogP contribution < -0.4 is 11.1 Å². The van der Waals surface area contributed by atoms with Gasteiger partial charge in [0.25, 0.3) is 5.91 Å². The van der Waals surface area contributed by atoms with Crippen molar-refractivity contribution in [3.63, 3.8) is 0 Å². The van der Waals surface area contributed by atoms with Crippen molar-refractivity contribution in [2.45, 2.75) is 31.7 Å². The highest BCUT2D eigenvalue weighted by Gasteiger charge is 2.25. The first-order valence-electron chi connectivity index (χ1n) is 8.41. The Balaban J connectivity index is 0.00000225. The van der Waals surface area contributed by atoms with Crippen molar-refractivity contribution < 1.29 is 9.59 Å². The van der Waals surface area contributed by atoms with E-state index in [1.807, 2.05) is 29.2 Å². The minimum absolute atomic E-state index is 0. The van der Waals surface area contributed by atoms with Crippen molar-refractivity contribution in [3.05, 3.63) is 30.0 Å². The lowest BCUT2D eigenvalue weighted by Crippen LogP contribution is -2.48. The molecule has 2 amide bonds. The van der Waals surface area contributed by atoms with Crippen molar-refractivity contribution in [1.82, 2.24) is 20.4 Å². The monoisotopic (exact) mass is 365 g/mol. The third kappa shape index (κ3) is 4.29. The minimum Gasteiger partial charge on any atom is -0.350 e. The molecule has 2 aromatic rings. The second-order valence-corrected chi connectivity index (χ2v) is 6.10. The molecule has 4 N–H and O–H groups in total. The summed E-state index contributed by atoms with van der Waals surface area (Å²) in [6.45, 7) is 1.56. The van der Waals surface area contributed by atoms with Crippen molar-refractivity contribution in [3.8, 4) is 0 Å². The molecular weight excluding hydrogens is 342 g/mol. The van der Waals surface area contributed by atoms with Crippen LogP contribution in [0, 0.1) is 0 Å². The van der Waals surface area contributed by atoms with Gasteiger partial charge in [-0.05, 0) is 25.3 Å². The number of para-hydroxylation sites is 1. The highest BCUT2D eigenvalue weighted by Crippen LogP contribution is 2.17. The Morgan fingerprint density at radius 3 is 2.92 bits per heavy atom. The fourth-order valence-electron chi connectivity index (χ4n) is 3.22. The Morgan fingerprint density at radius 1 is 1.32 bits per heavy atom. The first-order chi connectivity index (χ1) is 11.7. The van der Waals surface area contributed by atoms with Crippen LogP contribution in [0.1, 0.15) is 36.2 Å². The van der Waals surface area contributed by atoms with E-state index in [9.17, 15) is 9.59 Å².